The number of aryl methyl sites for hydroxylation is 1. The zero-order valence-electron chi connectivity index (χ0n) is 9.69. The molecule has 2 aromatic rings. The fourth-order valence-electron chi connectivity index (χ4n) is 1.39. The Morgan fingerprint density at radius 1 is 1.42 bits per heavy atom. The van der Waals surface area contributed by atoms with Crippen molar-refractivity contribution in [1.82, 2.24) is 10.2 Å². The Kier molecular flexibility index (Phi) is 3.49. The normalized spacial score (nSPS) is 11.2. The number of sulfonamides is 1. The maximum Gasteiger partial charge on any atom is 0.335 e. The van der Waals surface area contributed by atoms with Crippen molar-refractivity contribution >= 4 is 32.5 Å². The first-order valence-electron chi connectivity index (χ1n) is 5.03. The number of benzene rings is 1. The molecule has 0 radical (unpaired) electrons. The molecule has 0 atom stereocenters. The lowest BCUT2D eigenvalue weighted by molar-refractivity contribution is 0.0696. The fourth-order valence-corrected chi connectivity index (χ4v) is 3.11. The number of nitrogens with zero attached hydrogens (tertiary/aromatic N) is 2. The van der Waals surface area contributed by atoms with Gasteiger partial charge in [0.25, 0.3) is 10.0 Å². The molecule has 0 amide bonds. The number of aromatic carboxylic acids is 1. The first-order valence-corrected chi connectivity index (χ1v) is 7.39. The highest BCUT2D eigenvalue weighted by Gasteiger charge is 2.18. The molecule has 0 bridgehead atoms. The Balaban J connectivity index is 2.41. The monoisotopic (exact) mass is 299 g/mol. The van der Waals surface area contributed by atoms with Crippen molar-refractivity contribution < 1.29 is 18.3 Å². The minimum atomic E-state index is -3.86. The van der Waals surface area contributed by atoms with Crippen LogP contribution in [0, 0.1) is 6.92 Å². The lowest BCUT2D eigenvalue weighted by atomic mass is 10.1. The molecule has 2 N–H and O–H groups in total. The van der Waals surface area contributed by atoms with Gasteiger partial charge in [-0.05, 0) is 24.6 Å². The molecule has 0 aliphatic heterocycles. The number of anilines is 1. The van der Waals surface area contributed by atoms with Crippen LogP contribution in [0.2, 0.25) is 0 Å². The van der Waals surface area contributed by atoms with Crippen LogP contribution in [0.1, 0.15) is 15.9 Å². The van der Waals surface area contributed by atoms with Crippen LogP contribution in [0.4, 0.5) is 5.13 Å². The van der Waals surface area contributed by atoms with Gasteiger partial charge in [0.05, 0.1) is 10.5 Å². The van der Waals surface area contributed by atoms with Gasteiger partial charge < -0.3 is 5.11 Å². The zero-order valence-corrected chi connectivity index (χ0v) is 11.3. The molecule has 0 aliphatic rings. The highest BCUT2D eigenvalue weighted by Crippen LogP contribution is 2.19. The van der Waals surface area contributed by atoms with E-state index in [4.69, 9.17) is 5.11 Å². The van der Waals surface area contributed by atoms with Crippen molar-refractivity contribution in [2.45, 2.75) is 11.8 Å². The summed E-state index contributed by atoms with van der Waals surface area (Å²) in [6.07, 6.45) is 0. The molecule has 1 aromatic heterocycles. The van der Waals surface area contributed by atoms with E-state index >= 15 is 0 Å². The summed E-state index contributed by atoms with van der Waals surface area (Å²) in [6.45, 7) is 1.60. The first-order chi connectivity index (χ1) is 8.90. The first kappa shape index (κ1) is 13.4. The van der Waals surface area contributed by atoms with Gasteiger partial charge in [-0.1, -0.05) is 17.4 Å². The average Bonchev–Trinajstić information content (AvgIpc) is 2.80. The van der Waals surface area contributed by atoms with Crippen molar-refractivity contribution in [2.75, 3.05) is 4.72 Å². The summed E-state index contributed by atoms with van der Waals surface area (Å²) < 4.78 is 26.3. The number of rotatable bonds is 4. The SMILES string of the molecule is Cc1ccc(S(=O)(=O)Nc2nncs2)cc1C(=O)O. The summed E-state index contributed by atoms with van der Waals surface area (Å²) in [7, 11) is -3.86. The third kappa shape index (κ3) is 2.88. The van der Waals surface area contributed by atoms with Crippen LogP contribution in [0.25, 0.3) is 0 Å². The molecule has 0 saturated carbocycles. The fraction of sp³-hybridized carbons (Fsp3) is 0.100. The van der Waals surface area contributed by atoms with E-state index in [2.05, 4.69) is 14.9 Å². The second-order valence-corrected chi connectivity index (χ2v) is 6.15. The van der Waals surface area contributed by atoms with Gasteiger partial charge >= 0.3 is 5.97 Å². The van der Waals surface area contributed by atoms with Crippen molar-refractivity contribution in [3.63, 3.8) is 0 Å². The topological polar surface area (TPSA) is 109 Å². The van der Waals surface area contributed by atoms with E-state index in [9.17, 15) is 13.2 Å². The molecular weight excluding hydrogens is 290 g/mol. The van der Waals surface area contributed by atoms with Gasteiger partial charge in [0.2, 0.25) is 5.13 Å². The Labute approximate surface area is 113 Å². The van der Waals surface area contributed by atoms with Crippen molar-refractivity contribution in [2.24, 2.45) is 0 Å². The molecule has 19 heavy (non-hydrogen) atoms. The minimum absolute atomic E-state index is 0.0554. The maximum absolute atomic E-state index is 12.0. The smallest absolute Gasteiger partial charge is 0.335 e. The molecule has 1 aromatic carbocycles. The third-order valence-corrected chi connectivity index (χ3v) is 4.40. The Hall–Kier alpha value is -2.00. The summed E-state index contributed by atoms with van der Waals surface area (Å²) in [6, 6.07) is 3.89. The van der Waals surface area contributed by atoms with Gasteiger partial charge in [-0.15, -0.1) is 10.2 Å². The van der Waals surface area contributed by atoms with Crippen LogP contribution in [-0.4, -0.2) is 29.7 Å². The van der Waals surface area contributed by atoms with Crippen molar-refractivity contribution in [3.8, 4) is 0 Å². The predicted molar refractivity (Wildman–Crippen MR) is 68.9 cm³/mol. The Bertz CT molecular complexity index is 710. The van der Waals surface area contributed by atoms with E-state index in [0.717, 1.165) is 17.4 Å². The minimum Gasteiger partial charge on any atom is -0.478 e. The Morgan fingerprint density at radius 2 is 2.16 bits per heavy atom. The summed E-state index contributed by atoms with van der Waals surface area (Å²) in [5.74, 6) is -1.18. The number of carbonyl (C=O) groups is 1. The largest absolute Gasteiger partial charge is 0.478 e. The molecule has 0 unspecified atom stereocenters. The predicted octanol–water partition coefficient (Wildman–Crippen LogP) is 1.35. The van der Waals surface area contributed by atoms with E-state index in [0.29, 0.717) is 5.56 Å². The summed E-state index contributed by atoms with van der Waals surface area (Å²) in [5, 5.41) is 16.2. The van der Waals surface area contributed by atoms with E-state index in [1.807, 2.05) is 0 Å². The molecule has 0 saturated heterocycles. The molecule has 0 spiro atoms. The van der Waals surface area contributed by atoms with E-state index < -0.39 is 16.0 Å². The summed E-state index contributed by atoms with van der Waals surface area (Å²) >= 11 is 1.03. The third-order valence-electron chi connectivity index (χ3n) is 2.33. The molecular formula is C10H9N3O4S2. The summed E-state index contributed by atoms with van der Waals surface area (Å²) in [4.78, 5) is 10.8. The zero-order chi connectivity index (χ0) is 14.0. The van der Waals surface area contributed by atoms with Gasteiger partial charge in [0, 0.05) is 0 Å². The average molecular weight is 299 g/mol. The van der Waals surface area contributed by atoms with Crippen LogP contribution in [-0.2, 0) is 10.0 Å². The number of nitrogens with one attached hydrogen (secondary N) is 1. The highest BCUT2D eigenvalue weighted by atomic mass is 32.2. The van der Waals surface area contributed by atoms with E-state index in [1.165, 1.54) is 17.6 Å². The second-order valence-electron chi connectivity index (χ2n) is 3.63. The molecule has 1 heterocycles. The number of hydrogen-bond donors (Lipinski definition) is 2. The molecule has 9 heteroatoms. The number of carboxylic acids is 1. The van der Waals surface area contributed by atoms with Crippen LogP contribution in [0.15, 0.2) is 28.6 Å². The van der Waals surface area contributed by atoms with Crippen LogP contribution in [0.3, 0.4) is 0 Å². The van der Waals surface area contributed by atoms with Gasteiger partial charge in [-0.3, -0.25) is 4.72 Å². The van der Waals surface area contributed by atoms with Crippen LogP contribution >= 0.6 is 11.3 Å². The van der Waals surface area contributed by atoms with Gasteiger partial charge in [0.1, 0.15) is 5.51 Å². The van der Waals surface area contributed by atoms with Gasteiger partial charge in [-0.2, -0.15) is 0 Å². The Morgan fingerprint density at radius 3 is 2.74 bits per heavy atom. The van der Waals surface area contributed by atoms with Gasteiger partial charge in [0.15, 0.2) is 0 Å². The van der Waals surface area contributed by atoms with Gasteiger partial charge in [-0.25, -0.2) is 13.2 Å². The maximum atomic E-state index is 12.0. The quantitative estimate of drug-likeness (QED) is 0.881. The number of carboxylic acid groups (broad SMARTS) is 1. The van der Waals surface area contributed by atoms with E-state index in [-0.39, 0.29) is 15.6 Å². The second kappa shape index (κ2) is 4.94. The van der Waals surface area contributed by atoms with Crippen molar-refractivity contribution in [1.29, 1.82) is 0 Å². The van der Waals surface area contributed by atoms with Crippen LogP contribution < -0.4 is 4.72 Å². The molecule has 100 valence electrons. The molecule has 2 rings (SSSR count). The lowest BCUT2D eigenvalue weighted by Crippen LogP contribution is -2.14. The number of aromatic nitrogens is 2. The summed E-state index contributed by atoms with van der Waals surface area (Å²) in [5.41, 5.74) is 1.82. The van der Waals surface area contributed by atoms with Crippen molar-refractivity contribution in [3.05, 3.63) is 34.8 Å². The van der Waals surface area contributed by atoms with E-state index in [1.54, 1.807) is 6.92 Å². The lowest BCUT2D eigenvalue weighted by Gasteiger charge is -2.07. The molecule has 0 aliphatic carbocycles. The molecule has 0 fully saturated rings. The number of hydrogen-bond acceptors (Lipinski definition) is 6. The molecule has 7 nitrogen and oxygen atoms in total. The standard InChI is InChI=1S/C10H9N3O4S2/c1-6-2-3-7(4-8(6)9(14)15)19(16,17)13-10-12-11-5-18-10/h2-5H,1H3,(H,12,13)(H,14,15). The van der Waals surface area contributed by atoms with Crippen LogP contribution in [0.5, 0.6) is 0 Å². The highest BCUT2D eigenvalue weighted by molar-refractivity contribution is 7.93.